The van der Waals surface area contributed by atoms with Gasteiger partial charge in [-0.1, -0.05) is 51.1 Å². The molecule has 0 aliphatic rings. The van der Waals surface area contributed by atoms with Gasteiger partial charge in [-0.25, -0.2) is 4.98 Å². The molecule has 3 heteroatoms. The molecule has 0 spiro atoms. The molecule has 1 aromatic heterocycles. The van der Waals surface area contributed by atoms with E-state index in [9.17, 15) is 0 Å². The van der Waals surface area contributed by atoms with Gasteiger partial charge < -0.3 is 9.30 Å². The zero-order valence-corrected chi connectivity index (χ0v) is 14.1. The number of aromatic nitrogens is 2. The van der Waals surface area contributed by atoms with Crippen LogP contribution in [-0.4, -0.2) is 9.55 Å². The van der Waals surface area contributed by atoms with Gasteiger partial charge >= 0.3 is 0 Å². The summed E-state index contributed by atoms with van der Waals surface area (Å²) in [6, 6.07) is 18.3. The summed E-state index contributed by atoms with van der Waals surface area (Å²) in [6.45, 7) is 7.56. The molecule has 3 rings (SSSR count). The van der Waals surface area contributed by atoms with Gasteiger partial charge in [0, 0.05) is 6.54 Å². The second kappa shape index (κ2) is 6.86. The summed E-state index contributed by atoms with van der Waals surface area (Å²) in [4.78, 5) is 4.87. The standard InChI is InChI=1S/C20H24N2O/c1-4-19(23-16-10-6-5-7-11-16)20-21-17-12-8-9-13-18(17)22(20)14-15(2)3/h5-13,15,19H,4,14H2,1-3H3. The van der Waals surface area contributed by atoms with Crippen LogP contribution in [-0.2, 0) is 6.54 Å². The van der Waals surface area contributed by atoms with E-state index >= 15 is 0 Å². The van der Waals surface area contributed by atoms with Crippen molar-refractivity contribution in [3.05, 3.63) is 60.4 Å². The van der Waals surface area contributed by atoms with Crippen molar-refractivity contribution in [2.45, 2.75) is 39.8 Å². The van der Waals surface area contributed by atoms with E-state index in [1.54, 1.807) is 0 Å². The maximum atomic E-state index is 6.22. The predicted octanol–water partition coefficient (Wildman–Crippen LogP) is 5.22. The third-order valence-electron chi connectivity index (χ3n) is 3.91. The Balaban J connectivity index is 2.02. The lowest BCUT2D eigenvalue weighted by atomic mass is 10.2. The molecule has 0 bridgehead atoms. The predicted molar refractivity (Wildman–Crippen MR) is 94.7 cm³/mol. The summed E-state index contributed by atoms with van der Waals surface area (Å²) in [6.07, 6.45) is 0.847. The van der Waals surface area contributed by atoms with Crippen LogP contribution in [0.25, 0.3) is 11.0 Å². The molecule has 1 unspecified atom stereocenters. The molecule has 1 heterocycles. The number of hydrogen-bond acceptors (Lipinski definition) is 2. The zero-order chi connectivity index (χ0) is 16.2. The first-order valence-electron chi connectivity index (χ1n) is 8.36. The van der Waals surface area contributed by atoms with Crippen molar-refractivity contribution in [2.75, 3.05) is 0 Å². The molecule has 0 aliphatic carbocycles. The van der Waals surface area contributed by atoms with Crippen LogP contribution in [0.4, 0.5) is 0 Å². The molecular weight excluding hydrogens is 284 g/mol. The maximum Gasteiger partial charge on any atom is 0.156 e. The third-order valence-corrected chi connectivity index (χ3v) is 3.91. The molecule has 0 aliphatic heterocycles. The van der Waals surface area contributed by atoms with Crippen molar-refractivity contribution in [1.29, 1.82) is 0 Å². The van der Waals surface area contributed by atoms with Crippen molar-refractivity contribution in [2.24, 2.45) is 5.92 Å². The molecule has 3 nitrogen and oxygen atoms in total. The monoisotopic (exact) mass is 308 g/mol. The lowest BCUT2D eigenvalue weighted by Gasteiger charge is -2.20. The minimum absolute atomic E-state index is 0.0384. The van der Waals surface area contributed by atoms with Gasteiger partial charge in [-0.3, -0.25) is 0 Å². The van der Waals surface area contributed by atoms with Gasteiger partial charge in [0.25, 0.3) is 0 Å². The Bertz CT molecular complexity index is 762. The lowest BCUT2D eigenvalue weighted by Crippen LogP contribution is -2.16. The average Bonchev–Trinajstić information content (AvgIpc) is 2.92. The van der Waals surface area contributed by atoms with Crippen LogP contribution >= 0.6 is 0 Å². The number of rotatable bonds is 6. The molecule has 1 atom stereocenters. The second-order valence-corrected chi connectivity index (χ2v) is 6.29. The van der Waals surface area contributed by atoms with Crippen molar-refractivity contribution < 1.29 is 4.74 Å². The fourth-order valence-electron chi connectivity index (χ4n) is 2.88. The minimum atomic E-state index is -0.0384. The Morgan fingerprint density at radius 3 is 2.39 bits per heavy atom. The number of benzene rings is 2. The number of nitrogens with zero attached hydrogens (tertiary/aromatic N) is 2. The molecule has 23 heavy (non-hydrogen) atoms. The van der Waals surface area contributed by atoms with Crippen LogP contribution in [0.5, 0.6) is 5.75 Å². The Morgan fingerprint density at radius 2 is 1.70 bits per heavy atom. The number of imidazole rings is 1. The first-order chi connectivity index (χ1) is 11.2. The van der Waals surface area contributed by atoms with Crippen LogP contribution in [0.3, 0.4) is 0 Å². The highest BCUT2D eigenvalue weighted by molar-refractivity contribution is 5.76. The normalized spacial score (nSPS) is 12.7. The molecule has 3 aromatic rings. The van der Waals surface area contributed by atoms with Crippen LogP contribution in [0.15, 0.2) is 54.6 Å². The summed E-state index contributed by atoms with van der Waals surface area (Å²) < 4.78 is 8.53. The SMILES string of the molecule is CCC(Oc1ccccc1)c1nc2ccccc2n1CC(C)C. The topological polar surface area (TPSA) is 27.1 Å². The zero-order valence-electron chi connectivity index (χ0n) is 14.1. The minimum Gasteiger partial charge on any atom is -0.483 e. The first kappa shape index (κ1) is 15.6. The van der Waals surface area contributed by atoms with Gasteiger partial charge in [0.1, 0.15) is 5.75 Å². The number of hydrogen-bond donors (Lipinski definition) is 0. The smallest absolute Gasteiger partial charge is 0.156 e. The van der Waals surface area contributed by atoms with Gasteiger partial charge in [0.05, 0.1) is 11.0 Å². The summed E-state index contributed by atoms with van der Waals surface area (Å²) in [7, 11) is 0. The van der Waals surface area contributed by atoms with Gasteiger partial charge in [-0.2, -0.15) is 0 Å². The summed E-state index contributed by atoms with van der Waals surface area (Å²) in [5.41, 5.74) is 2.23. The van der Waals surface area contributed by atoms with Crippen LogP contribution in [0.2, 0.25) is 0 Å². The third kappa shape index (κ3) is 3.39. The van der Waals surface area contributed by atoms with E-state index in [1.165, 1.54) is 5.52 Å². The van der Waals surface area contributed by atoms with Crippen molar-refractivity contribution in [3.8, 4) is 5.75 Å². The summed E-state index contributed by atoms with van der Waals surface area (Å²) >= 11 is 0. The highest BCUT2D eigenvalue weighted by atomic mass is 16.5. The highest BCUT2D eigenvalue weighted by Crippen LogP contribution is 2.28. The molecule has 2 aromatic carbocycles. The second-order valence-electron chi connectivity index (χ2n) is 6.29. The van der Waals surface area contributed by atoms with E-state index in [1.807, 2.05) is 36.4 Å². The van der Waals surface area contributed by atoms with Crippen molar-refractivity contribution in [3.63, 3.8) is 0 Å². The number of fused-ring (bicyclic) bond motifs is 1. The Hall–Kier alpha value is -2.29. The number of ether oxygens (including phenoxy) is 1. The van der Waals surface area contributed by atoms with Crippen LogP contribution in [0.1, 0.15) is 39.1 Å². The van der Waals surface area contributed by atoms with E-state index in [0.717, 1.165) is 30.1 Å². The fourth-order valence-corrected chi connectivity index (χ4v) is 2.88. The van der Waals surface area contributed by atoms with E-state index in [4.69, 9.17) is 9.72 Å². The van der Waals surface area contributed by atoms with E-state index < -0.39 is 0 Å². The van der Waals surface area contributed by atoms with E-state index in [-0.39, 0.29) is 6.10 Å². The summed E-state index contributed by atoms with van der Waals surface area (Å²) in [5, 5.41) is 0. The molecular formula is C20H24N2O. The first-order valence-corrected chi connectivity index (χ1v) is 8.36. The van der Waals surface area contributed by atoms with Crippen molar-refractivity contribution in [1.82, 2.24) is 9.55 Å². The van der Waals surface area contributed by atoms with Crippen LogP contribution in [0, 0.1) is 5.92 Å². The Labute approximate surface area is 137 Å². The van der Waals surface area contributed by atoms with Gasteiger partial charge in [0.15, 0.2) is 11.9 Å². The average molecular weight is 308 g/mol. The molecule has 0 radical (unpaired) electrons. The molecule has 0 N–H and O–H groups in total. The lowest BCUT2D eigenvalue weighted by molar-refractivity contribution is 0.185. The molecule has 0 amide bonds. The molecule has 120 valence electrons. The largest absolute Gasteiger partial charge is 0.483 e. The van der Waals surface area contributed by atoms with Crippen LogP contribution < -0.4 is 4.74 Å². The fraction of sp³-hybridized carbons (Fsp3) is 0.350. The van der Waals surface area contributed by atoms with Gasteiger partial charge in [-0.05, 0) is 36.6 Å². The van der Waals surface area contributed by atoms with E-state index in [2.05, 4.69) is 43.5 Å². The number of para-hydroxylation sites is 3. The van der Waals surface area contributed by atoms with E-state index in [0.29, 0.717) is 5.92 Å². The quantitative estimate of drug-likeness (QED) is 0.624. The van der Waals surface area contributed by atoms with Crippen molar-refractivity contribution >= 4 is 11.0 Å². The van der Waals surface area contributed by atoms with Gasteiger partial charge in [0.2, 0.25) is 0 Å². The molecule has 0 fully saturated rings. The Kier molecular flexibility index (Phi) is 4.65. The molecule has 0 saturated heterocycles. The molecule has 0 saturated carbocycles. The Morgan fingerprint density at radius 1 is 1.00 bits per heavy atom. The highest BCUT2D eigenvalue weighted by Gasteiger charge is 2.21. The van der Waals surface area contributed by atoms with Gasteiger partial charge in [-0.15, -0.1) is 0 Å². The maximum absolute atomic E-state index is 6.22. The summed E-state index contributed by atoms with van der Waals surface area (Å²) in [5.74, 6) is 2.47.